The molecule has 142 valence electrons. The zero-order valence-electron chi connectivity index (χ0n) is 16.5. The molecule has 0 radical (unpaired) electrons. The van der Waals surface area contributed by atoms with Gasteiger partial charge in [0.2, 0.25) is 0 Å². The highest BCUT2D eigenvalue weighted by Crippen LogP contribution is 2.16. The fraction of sp³-hybridized carbons (Fsp3) is 0.0370. The normalized spacial score (nSPS) is 11.5. The quantitative estimate of drug-likeness (QED) is 0.349. The Morgan fingerprint density at radius 3 is 1.52 bits per heavy atom. The third-order valence-electron chi connectivity index (χ3n) is 5.31. The molecule has 0 fully saturated rings. The summed E-state index contributed by atoms with van der Waals surface area (Å²) in [6.45, 7) is 0. The molecule has 4 aromatic rings. The maximum Gasteiger partial charge on any atom is 0.172 e. The molecular weight excluding hydrogens is 368 g/mol. The van der Waals surface area contributed by atoms with Crippen LogP contribution in [0.25, 0.3) is 6.08 Å². The molecule has 1 nitrogen and oxygen atoms in total. The molecule has 0 saturated carbocycles. The smallest absolute Gasteiger partial charge is 0.172 e. The second-order valence-electron chi connectivity index (χ2n) is 7.02. The molecule has 0 amide bonds. The van der Waals surface area contributed by atoms with Crippen LogP contribution in [0, 0.1) is 0 Å². The first-order valence-electron chi connectivity index (χ1n) is 9.83. The van der Waals surface area contributed by atoms with Crippen molar-refractivity contribution < 1.29 is 4.74 Å². The van der Waals surface area contributed by atoms with Crippen molar-refractivity contribution in [2.24, 2.45) is 0 Å². The molecule has 0 aliphatic rings. The van der Waals surface area contributed by atoms with E-state index in [1.165, 1.54) is 15.6 Å². The lowest BCUT2D eigenvalue weighted by Crippen LogP contribution is -2.66. The number of hydrogen-bond donors (Lipinski definition) is 0. The van der Waals surface area contributed by atoms with Gasteiger partial charge in [-0.2, -0.15) is 0 Å². The summed E-state index contributed by atoms with van der Waals surface area (Å²) in [6.07, 6.45) is 2.25. The van der Waals surface area contributed by atoms with E-state index in [4.69, 9.17) is 4.74 Å². The van der Waals surface area contributed by atoms with Gasteiger partial charge in [0.1, 0.15) is 5.75 Å². The second-order valence-corrected chi connectivity index (χ2v) is 10.7. The van der Waals surface area contributed by atoms with Crippen molar-refractivity contribution in [3.63, 3.8) is 0 Å². The Hall–Kier alpha value is -3.36. The van der Waals surface area contributed by atoms with Crippen LogP contribution >= 0.6 is 0 Å². The zero-order chi connectivity index (χ0) is 19.9. The van der Waals surface area contributed by atoms with Gasteiger partial charge in [-0.25, -0.2) is 0 Å². The predicted molar refractivity (Wildman–Crippen MR) is 126 cm³/mol. The van der Waals surface area contributed by atoms with Crippen molar-refractivity contribution in [1.29, 1.82) is 0 Å². The van der Waals surface area contributed by atoms with E-state index in [2.05, 4.69) is 115 Å². The molecule has 0 spiro atoms. The fourth-order valence-electron chi connectivity index (χ4n) is 3.86. The van der Waals surface area contributed by atoms with E-state index >= 15 is 0 Å². The Morgan fingerprint density at radius 1 is 0.586 bits per heavy atom. The van der Waals surface area contributed by atoms with Crippen LogP contribution in [0.2, 0.25) is 0 Å². The van der Waals surface area contributed by atoms with E-state index in [1.807, 2.05) is 12.1 Å². The summed E-state index contributed by atoms with van der Waals surface area (Å²) in [7, 11) is -0.647. The van der Waals surface area contributed by atoms with E-state index in [0.717, 1.165) is 11.3 Å². The largest absolute Gasteiger partial charge is 0.497 e. The molecule has 0 heterocycles. The molecule has 0 atom stereocenters. The van der Waals surface area contributed by atoms with Crippen LogP contribution in [0.3, 0.4) is 0 Å². The molecule has 0 aromatic heterocycles. The van der Waals surface area contributed by atoms with Crippen LogP contribution in [-0.4, -0.2) is 15.2 Å². The third kappa shape index (κ3) is 3.94. The van der Waals surface area contributed by atoms with Crippen LogP contribution in [0.1, 0.15) is 5.56 Å². The molecule has 0 aliphatic carbocycles. The Morgan fingerprint density at radius 2 is 1.07 bits per heavy atom. The van der Waals surface area contributed by atoms with Crippen molar-refractivity contribution in [3.05, 3.63) is 127 Å². The van der Waals surface area contributed by atoms with Gasteiger partial charge in [-0.05, 0) is 33.3 Å². The second kappa shape index (κ2) is 8.76. The highest BCUT2D eigenvalue weighted by Gasteiger charge is 2.36. The Balaban J connectivity index is 1.96. The van der Waals surface area contributed by atoms with Crippen LogP contribution in [0.4, 0.5) is 0 Å². The van der Waals surface area contributed by atoms with Gasteiger partial charge in [0.15, 0.2) is 8.07 Å². The number of hydrogen-bond acceptors (Lipinski definition) is 1. The summed E-state index contributed by atoms with van der Waals surface area (Å²) in [5.74, 6) is 0.874. The number of rotatable bonds is 6. The molecule has 4 rings (SSSR count). The number of benzene rings is 4. The highest BCUT2D eigenvalue weighted by molar-refractivity contribution is 7.15. The standard InChI is InChI=1S/C27H24OSi/c1-28-24-13-11-12-23(22-24)20-21-29(25-14-5-2-6-15-25,26-16-7-3-8-17-26)27-18-9-4-10-19-27/h2-22H,1H3/b21-20+. The van der Waals surface area contributed by atoms with E-state index in [1.54, 1.807) is 7.11 Å². The van der Waals surface area contributed by atoms with Gasteiger partial charge in [-0.15, -0.1) is 0 Å². The van der Waals surface area contributed by atoms with Crippen LogP contribution < -0.4 is 20.3 Å². The average Bonchev–Trinajstić information content (AvgIpc) is 2.82. The maximum atomic E-state index is 5.42. The lowest BCUT2D eigenvalue weighted by atomic mass is 10.2. The summed E-state index contributed by atoms with van der Waals surface area (Å²) in [5.41, 5.74) is 3.59. The highest BCUT2D eigenvalue weighted by atomic mass is 28.3. The lowest BCUT2D eigenvalue weighted by molar-refractivity contribution is 0.414. The molecule has 0 bridgehead atoms. The van der Waals surface area contributed by atoms with Crippen LogP contribution in [0.5, 0.6) is 5.75 Å². The molecule has 0 unspecified atom stereocenters. The van der Waals surface area contributed by atoms with Crippen molar-refractivity contribution in [2.45, 2.75) is 0 Å². The molecule has 29 heavy (non-hydrogen) atoms. The van der Waals surface area contributed by atoms with Gasteiger partial charge < -0.3 is 4.74 Å². The van der Waals surface area contributed by atoms with E-state index in [0.29, 0.717) is 0 Å². The minimum absolute atomic E-state index is 0.874. The summed E-state index contributed by atoms with van der Waals surface area (Å²) >= 11 is 0. The van der Waals surface area contributed by atoms with Gasteiger partial charge in [0.25, 0.3) is 0 Å². The zero-order valence-corrected chi connectivity index (χ0v) is 17.5. The van der Waals surface area contributed by atoms with Crippen molar-refractivity contribution >= 4 is 29.7 Å². The molecule has 4 aromatic carbocycles. The van der Waals surface area contributed by atoms with Gasteiger partial charge in [0.05, 0.1) is 7.11 Å². The summed E-state index contributed by atoms with van der Waals surface area (Å²) in [4.78, 5) is 0. The van der Waals surface area contributed by atoms with E-state index in [9.17, 15) is 0 Å². The molecule has 0 N–H and O–H groups in total. The molecule has 2 heteroatoms. The third-order valence-corrected chi connectivity index (χ3v) is 9.71. The minimum Gasteiger partial charge on any atom is -0.497 e. The van der Waals surface area contributed by atoms with Crippen molar-refractivity contribution in [2.75, 3.05) is 7.11 Å². The minimum atomic E-state index is -2.36. The topological polar surface area (TPSA) is 9.23 Å². The van der Waals surface area contributed by atoms with E-state index in [-0.39, 0.29) is 0 Å². The predicted octanol–water partition coefficient (Wildman–Crippen LogP) is 4.42. The Bertz CT molecular complexity index is 976. The SMILES string of the molecule is COc1cccc(/C=C/[Si](c2ccccc2)(c2ccccc2)c2ccccc2)c1. The first-order chi connectivity index (χ1) is 14.3. The van der Waals surface area contributed by atoms with Gasteiger partial charge >= 0.3 is 0 Å². The van der Waals surface area contributed by atoms with Gasteiger partial charge in [-0.3, -0.25) is 0 Å². The van der Waals surface area contributed by atoms with Crippen molar-refractivity contribution in [3.8, 4) is 5.75 Å². The first-order valence-corrected chi connectivity index (χ1v) is 11.9. The first kappa shape index (κ1) is 19.0. The Kier molecular flexibility index (Phi) is 5.73. The van der Waals surface area contributed by atoms with Gasteiger partial charge in [0, 0.05) is 0 Å². The van der Waals surface area contributed by atoms with Gasteiger partial charge in [-0.1, -0.05) is 115 Å². The number of methoxy groups -OCH3 is 1. The molecule has 0 aliphatic heterocycles. The average molecular weight is 393 g/mol. The lowest BCUT2D eigenvalue weighted by Gasteiger charge is -2.30. The number of ether oxygens (including phenoxy) is 1. The molecule has 0 saturated heterocycles. The van der Waals surface area contributed by atoms with E-state index < -0.39 is 8.07 Å². The Labute approximate surface area is 174 Å². The summed E-state index contributed by atoms with van der Waals surface area (Å²) in [6, 6.07) is 40.9. The van der Waals surface area contributed by atoms with Crippen LogP contribution in [0.15, 0.2) is 121 Å². The fourth-order valence-corrected chi connectivity index (χ4v) is 8.03. The molecular formula is C27H24OSi. The van der Waals surface area contributed by atoms with Crippen LogP contribution in [-0.2, 0) is 0 Å². The monoisotopic (exact) mass is 392 g/mol. The maximum absolute atomic E-state index is 5.42. The van der Waals surface area contributed by atoms with Crippen molar-refractivity contribution in [1.82, 2.24) is 0 Å². The summed E-state index contributed by atoms with van der Waals surface area (Å²) in [5, 5.41) is 4.12. The summed E-state index contributed by atoms with van der Waals surface area (Å²) < 4.78 is 5.42.